The quantitative estimate of drug-likeness (QED) is 0.590. The van der Waals surface area contributed by atoms with E-state index >= 15 is 0 Å². The molecule has 6 nitrogen and oxygen atoms in total. The molecule has 2 N–H and O–H groups in total. The molecule has 0 aromatic heterocycles. The summed E-state index contributed by atoms with van der Waals surface area (Å²) in [5, 5.41) is 5.36. The Kier molecular flexibility index (Phi) is 7.93. The number of carbonyl (C=O) groups excluding carboxylic acids is 2. The van der Waals surface area contributed by atoms with Crippen LogP contribution in [0.15, 0.2) is 48.5 Å². The van der Waals surface area contributed by atoms with Gasteiger partial charge in [-0.1, -0.05) is 24.0 Å². The van der Waals surface area contributed by atoms with E-state index in [-0.39, 0.29) is 0 Å². The van der Waals surface area contributed by atoms with Crippen LogP contribution >= 0.6 is 0 Å². The average Bonchev–Trinajstić information content (AvgIpc) is 2.62. The minimum absolute atomic E-state index is 0.526. The molecule has 0 radical (unpaired) electrons. The summed E-state index contributed by atoms with van der Waals surface area (Å²) in [4.78, 5) is 23.8. The predicted octanol–water partition coefficient (Wildman–Crippen LogP) is 5.78. The van der Waals surface area contributed by atoms with Crippen LogP contribution in [0.4, 0.5) is 21.0 Å². The van der Waals surface area contributed by atoms with Gasteiger partial charge in [0, 0.05) is 22.5 Å². The Morgan fingerprint density at radius 1 is 0.688 bits per heavy atom. The van der Waals surface area contributed by atoms with Gasteiger partial charge in [-0.2, -0.15) is 0 Å². The van der Waals surface area contributed by atoms with Crippen LogP contribution in [0.2, 0.25) is 0 Å². The van der Waals surface area contributed by atoms with Crippen molar-refractivity contribution >= 4 is 23.6 Å². The van der Waals surface area contributed by atoms with E-state index in [4.69, 9.17) is 9.47 Å². The molecule has 0 aliphatic rings. The van der Waals surface area contributed by atoms with Crippen molar-refractivity contribution in [2.75, 3.05) is 10.6 Å². The zero-order chi connectivity index (χ0) is 23.8. The monoisotopic (exact) mass is 432 g/mol. The molecule has 166 valence electrons. The maximum Gasteiger partial charge on any atom is 0.412 e. The van der Waals surface area contributed by atoms with E-state index in [0.29, 0.717) is 22.5 Å². The number of ether oxygens (including phenoxy) is 2. The standard InChI is InChI=1S/C26H28N2O4/c1-25(2,3)31-23(29)27-21-15-9-13-19(17-21)11-7-8-12-20-14-10-16-22(18-20)28-24(30)32-26(4,5)6/h9-10,13-18H,1-6H3,(H,27,29)(H,28,30). The van der Waals surface area contributed by atoms with Gasteiger partial charge in [0.15, 0.2) is 0 Å². The maximum absolute atomic E-state index is 11.9. The second kappa shape index (κ2) is 10.4. The highest BCUT2D eigenvalue weighted by molar-refractivity contribution is 5.85. The number of rotatable bonds is 2. The summed E-state index contributed by atoms with van der Waals surface area (Å²) in [5.41, 5.74) is 1.43. The fraction of sp³-hybridized carbons (Fsp3) is 0.308. The number of benzene rings is 2. The summed E-state index contributed by atoms with van der Waals surface area (Å²) in [6.07, 6.45) is -1.05. The van der Waals surface area contributed by atoms with Gasteiger partial charge >= 0.3 is 12.2 Å². The first-order valence-electron chi connectivity index (χ1n) is 10.1. The molecule has 0 bridgehead atoms. The Balaban J connectivity index is 2.02. The Hall–Kier alpha value is -3.90. The number of hydrogen-bond donors (Lipinski definition) is 2. The lowest BCUT2D eigenvalue weighted by Crippen LogP contribution is -2.27. The van der Waals surface area contributed by atoms with Gasteiger partial charge in [-0.25, -0.2) is 9.59 Å². The highest BCUT2D eigenvalue weighted by Crippen LogP contribution is 2.14. The zero-order valence-corrected chi connectivity index (χ0v) is 19.3. The molecule has 0 heterocycles. The van der Waals surface area contributed by atoms with Crippen molar-refractivity contribution in [1.82, 2.24) is 0 Å². The third-order valence-electron chi connectivity index (χ3n) is 3.49. The van der Waals surface area contributed by atoms with Crippen LogP contribution in [-0.2, 0) is 9.47 Å². The first-order valence-corrected chi connectivity index (χ1v) is 10.1. The SMILES string of the molecule is CC(C)(C)OC(=O)Nc1cccc(C#CC#Cc2cccc(NC(=O)OC(C)(C)C)c2)c1. The lowest BCUT2D eigenvalue weighted by molar-refractivity contribution is 0.0624. The molecule has 0 spiro atoms. The summed E-state index contributed by atoms with van der Waals surface area (Å²) < 4.78 is 10.5. The van der Waals surface area contributed by atoms with Gasteiger partial charge < -0.3 is 9.47 Å². The summed E-state index contributed by atoms with van der Waals surface area (Å²) in [5.74, 6) is 11.5. The molecular weight excluding hydrogens is 404 g/mol. The van der Waals surface area contributed by atoms with Crippen molar-refractivity contribution in [1.29, 1.82) is 0 Å². The minimum Gasteiger partial charge on any atom is -0.444 e. The van der Waals surface area contributed by atoms with Gasteiger partial charge in [0.2, 0.25) is 0 Å². The van der Waals surface area contributed by atoms with E-state index in [2.05, 4.69) is 34.3 Å². The van der Waals surface area contributed by atoms with Gasteiger partial charge in [-0.15, -0.1) is 0 Å². The van der Waals surface area contributed by atoms with Crippen molar-refractivity contribution in [3.8, 4) is 23.7 Å². The molecular formula is C26H28N2O4. The zero-order valence-electron chi connectivity index (χ0n) is 19.3. The van der Waals surface area contributed by atoms with Gasteiger partial charge in [0.25, 0.3) is 0 Å². The maximum atomic E-state index is 11.9. The highest BCUT2D eigenvalue weighted by atomic mass is 16.6. The fourth-order valence-electron chi connectivity index (χ4n) is 2.40. The van der Waals surface area contributed by atoms with Crippen LogP contribution < -0.4 is 10.6 Å². The van der Waals surface area contributed by atoms with Crippen LogP contribution in [0.5, 0.6) is 0 Å². The molecule has 2 amide bonds. The number of anilines is 2. The van der Waals surface area contributed by atoms with Crippen molar-refractivity contribution in [3.63, 3.8) is 0 Å². The molecule has 0 saturated carbocycles. The third-order valence-corrected chi connectivity index (χ3v) is 3.49. The second-order valence-electron chi connectivity index (χ2n) is 8.92. The molecule has 0 atom stereocenters. The lowest BCUT2D eigenvalue weighted by Gasteiger charge is -2.19. The molecule has 0 aliphatic carbocycles. The van der Waals surface area contributed by atoms with E-state index in [1.165, 1.54) is 0 Å². The molecule has 6 heteroatoms. The van der Waals surface area contributed by atoms with Gasteiger partial charge in [-0.3, -0.25) is 10.6 Å². The Morgan fingerprint density at radius 2 is 1.06 bits per heavy atom. The van der Waals surface area contributed by atoms with E-state index < -0.39 is 23.4 Å². The molecule has 2 aromatic carbocycles. The molecule has 0 aliphatic heterocycles. The van der Waals surface area contributed by atoms with Crippen LogP contribution in [0.3, 0.4) is 0 Å². The van der Waals surface area contributed by atoms with Crippen molar-refractivity contribution in [2.24, 2.45) is 0 Å². The number of carbonyl (C=O) groups is 2. The molecule has 0 saturated heterocycles. The molecule has 2 aromatic rings. The van der Waals surface area contributed by atoms with E-state index in [0.717, 1.165) is 0 Å². The second-order valence-corrected chi connectivity index (χ2v) is 8.92. The number of amides is 2. The van der Waals surface area contributed by atoms with E-state index in [9.17, 15) is 9.59 Å². The van der Waals surface area contributed by atoms with Crippen molar-refractivity contribution in [3.05, 3.63) is 59.7 Å². The van der Waals surface area contributed by atoms with E-state index in [1.807, 2.05) is 12.1 Å². The van der Waals surface area contributed by atoms with Gasteiger partial charge in [-0.05, 0) is 89.8 Å². The van der Waals surface area contributed by atoms with Crippen LogP contribution in [0, 0.1) is 23.7 Å². The van der Waals surface area contributed by atoms with Gasteiger partial charge in [0.05, 0.1) is 0 Å². The molecule has 32 heavy (non-hydrogen) atoms. The predicted molar refractivity (Wildman–Crippen MR) is 126 cm³/mol. The van der Waals surface area contributed by atoms with Crippen LogP contribution in [0.1, 0.15) is 52.7 Å². The van der Waals surface area contributed by atoms with Crippen LogP contribution in [-0.4, -0.2) is 23.4 Å². The van der Waals surface area contributed by atoms with Gasteiger partial charge in [0.1, 0.15) is 11.2 Å². The number of hydrogen-bond acceptors (Lipinski definition) is 4. The summed E-state index contributed by atoms with van der Waals surface area (Å²) in [6, 6.07) is 14.2. The normalized spacial score (nSPS) is 10.6. The first kappa shape index (κ1) is 24.4. The highest BCUT2D eigenvalue weighted by Gasteiger charge is 2.17. The topological polar surface area (TPSA) is 76.7 Å². The summed E-state index contributed by atoms with van der Waals surface area (Å²) in [7, 11) is 0. The molecule has 2 rings (SSSR count). The lowest BCUT2D eigenvalue weighted by atomic mass is 10.2. The number of nitrogens with one attached hydrogen (secondary N) is 2. The molecule has 0 unspecified atom stereocenters. The smallest absolute Gasteiger partial charge is 0.412 e. The third kappa shape index (κ3) is 9.73. The minimum atomic E-state index is -0.573. The van der Waals surface area contributed by atoms with Crippen molar-refractivity contribution in [2.45, 2.75) is 52.7 Å². The summed E-state index contributed by atoms with van der Waals surface area (Å²) >= 11 is 0. The van der Waals surface area contributed by atoms with Crippen molar-refractivity contribution < 1.29 is 19.1 Å². The Bertz CT molecular complexity index is 1010. The van der Waals surface area contributed by atoms with E-state index in [1.54, 1.807) is 77.9 Å². The largest absolute Gasteiger partial charge is 0.444 e. The molecule has 0 fully saturated rings. The summed E-state index contributed by atoms with van der Waals surface area (Å²) in [6.45, 7) is 10.8. The Morgan fingerprint density at radius 3 is 1.41 bits per heavy atom. The fourth-order valence-corrected chi connectivity index (χ4v) is 2.40. The van der Waals surface area contributed by atoms with Crippen LogP contribution in [0.25, 0.3) is 0 Å². The Labute approximate surface area is 189 Å². The average molecular weight is 433 g/mol. The first-order chi connectivity index (χ1) is 14.9.